The largest absolute Gasteiger partial charge is 0.353 e. The lowest BCUT2D eigenvalue weighted by molar-refractivity contribution is -0.128. The summed E-state index contributed by atoms with van der Waals surface area (Å²) >= 11 is 5.89. The third-order valence-corrected chi connectivity index (χ3v) is 2.93. The number of carbonyl (C=O) groups excluding carboxylic acids is 1. The Morgan fingerprint density at radius 1 is 1.40 bits per heavy atom. The fraction of sp³-hybridized carbons (Fsp3) is 0.900. The van der Waals surface area contributed by atoms with E-state index < -0.39 is 18.3 Å². The lowest BCUT2D eigenvalue weighted by atomic mass is 9.95. The number of carbonyl (C=O) groups is 1. The molecule has 0 aromatic rings. The molecule has 88 valence electrons. The highest BCUT2D eigenvalue weighted by Crippen LogP contribution is 2.23. The van der Waals surface area contributed by atoms with Crippen molar-refractivity contribution in [1.29, 1.82) is 0 Å². The van der Waals surface area contributed by atoms with Crippen LogP contribution in [0.1, 0.15) is 39.0 Å². The van der Waals surface area contributed by atoms with Gasteiger partial charge in [-0.2, -0.15) is 0 Å². The van der Waals surface area contributed by atoms with Crippen molar-refractivity contribution >= 4 is 17.5 Å². The van der Waals surface area contributed by atoms with Gasteiger partial charge in [0, 0.05) is 11.4 Å². The van der Waals surface area contributed by atoms with Gasteiger partial charge in [-0.1, -0.05) is 0 Å². The Hall–Kier alpha value is -0.380. The van der Waals surface area contributed by atoms with Crippen LogP contribution in [0.4, 0.5) is 8.78 Å². The third kappa shape index (κ3) is 5.30. The second kappa shape index (κ2) is 5.10. The molecular formula is C10H16ClF2NO. The fourth-order valence-corrected chi connectivity index (χ4v) is 2.01. The van der Waals surface area contributed by atoms with Crippen LogP contribution in [0.3, 0.4) is 0 Å². The Kier molecular flexibility index (Phi) is 4.32. The van der Waals surface area contributed by atoms with Crippen LogP contribution in [0, 0.1) is 0 Å². The van der Waals surface area contributed by atoms with Crippen LogP contribution in [0.15, 0.2) is 0 Å². The van der Waals surface area contributed by atoms with Gasteiger partial charge in [0.2, 0.25) is 5.91 Å². The fourth-order valence-electron chi connectivity index (χ4n) is 1.76. The second-order valence-electron chi connectivity index (χ2n) is 4.26. The van der Waals surface area contributed by atoms with E-state index in [4.69, 9.17) is 11.6 Å². The van der Waals surface area contributed by atoms with Gasteiger partial charge in [-0.15, -0.1) is 11.6 Å². The van der Waals surface area contributed by atoms with Crippen LogP contribution in [-0.4, -0.2) is 23.2 Å². The van der Waals surface area contributed by atoms with E-state index in [1.54, 1.807) is 0 Å². The Balaban J connectivity index is 2.27. The van der Waals surface area contributed by atoms with E-state index in [2.05, 4.69) is 5.32 Å². The maximum absolute atomic E-state index is 12.5. The van der Waals surface area contributed by atoms with Crippen LogP contribution < -0.4 is 5.32 Å². The molecule has 0 heterocycles. The summed E-state index contributed by atoms with van der Waals surface area (Å²) in [7, 11) is 0. The molecule has 0 unspecified atom stereocenters. The van der Waals surface area contributed by atoms with Gasteiger partial charge in [0.25, 0.3) is 5.92 Å². The summed E-state index contributed by atoms with van der Waals surface area (Å²) in [6.45, 7) is 0.752. The smallest absolute Gasteiger partial charge is 0.254 e. The number of hydrogen-bond donors (Lipinski definition) is 1. The van der Waals surface area contributed by atoms with Crippen LogP contribution in [0.2, 0.25) is 0 Å². The minimum absolute atomic E-state index is 0.0230. The van der Waals surface area contributed by atoms with E-state index in [9.17, 15) is 13.6 Å². The molecule has 5 heteroatoms. The van der Waals surface area contributed by atoms with Crippen molar-refractivity contribution in [3.8, 4) is 0 Å². The monoisotopic (exact) mass is 239 g/mol. The van der Waals surface area contributed by atoms with Crippen LogP contribution in [0.25, 0.3) is 0 Å². The van der Waals surface area contributed by atoms with Gasteiger partial charge in [0.15, 0.2) is 0 Å². The number of amides is 1. The Bertz CT molecular complexity index is 222. The summed E-state index contributed by atoms with van der Waals surface area (Å²) in [5.74, 6) is -3.49. The zero-order valence-electron chi connectivity index (χ0n) is 8.73. The van der Waals surface area contributed by atoms with Crippen LogP contribution in [0.5, 0.6) is 0 Å². The summed E-state index contributed by atoms with van der Waals surface area (Å²) in [6, 6.07) is 0.0230. The van der Waals surface area contributed by atoms with Crippen molar-refractivity contribution < 1.29 is 13.6 Å². The summed E-state index contributed by atoms with van der Waals surface area (Å²) in [5, 5.41) is 2.79. The van der Waals surface area contributed by atoms with Crippen molar-refractivity contribution in [2.45, 2.75) is 56.4 Å². The maximum atomic E-state index is 12.5. The van der Waals surface area contributed by atoms with Gasteiger partial charge in [-0.05, 0) is 32.6 Å². The normalized spacial score (nSPS) is 27.5. The van der Waals surface area contributed by atoms with Crippen molar-refractivity contribution in [3.63, 3.8) is 0 Å². The molecule has 0 saturated heterocycles. The molecule has 1 saturated carbocycles. The molecule has 0 radical (unpaired) electrons. The van der Waals surface area contributed by atoms with E-state index in [-0.39, 0.29) is 11.4 Å². The molecule has 0 aliphatic heterocycles. The van der Waals surface area contributed by atoms with Crippen LogP contribution >= 0.6 is 11.6 Å². The first-order valence-electron chi connectivity index (χ1n) is 5.18. The first kappa shape index (κ1) is 12.7. The Morgan fingerprint density at radius 3 is 2.40 bits per heavy atom. The van der Waals surface area contributed by atoms with E-state index in [0.29, 0.717) is 0 Å². The highest BCUT2D eigenvalue weighted by atomic mass is 35.5. The van der Waals surface area contributed by atoms with Crippen molar-refractivity contribution in [1.82, 2.24) is 5.32 Å². The van der Waals surface area contributed by atoms with Crippen molar-refractivity contribution in [3.05, 3.63) is 0 Å². The Morgan fingerprint density at radius 2 is 1.93 bits per heavy atom. The second-order valence-corrected chi connectivity index (χ2v) is 4.88. The first-order valence-corrected chi connectivity index (χ1v) is 5.62. The summed E-state index contributed by atoms with van der Waals surface area (Å²) in [4.78, 5) is 11.2. The first-order chi connectivity index (χ1) is 6.87. The third-order valence-electron chi connectivity index (χ3n) is 2.49. The van der Waals surface area contributed by atoms with Crippen molar-refractivity contribution in [2.75, 3.05) is 0 Å². The predicted molar refractivity (Wildman–Crippen MR) is 55.3 cm³/mol. The molecular weight excluding hydrogens is 224 g/mol. The highest BCUT2D eigenvalue weighted by Gasteiger charge is 2.27. The molecule has 0 atom stereocenters. The summed E-state index contributed by atoms with van der Waals surface area (Å²) in [5.41, 5.74) is 0. The van der Waals surface area contributed by atoms with Gasteiger partial charge in [-0.3, -0.25) is 4.79 Å². The van der Waals surface area contributed by atoms with Gasteiger partial charge in [0.1, 0.15) is 0 Å². The lowest BCUT2D eigenvalue weighted by Crippen LogP contribution is -2.39. The molecule has 1 N–H and O–H groups in total. The lowest BCUT2D eigenvalue weighted by Gasteiger charge is -2.26. The van der Waals surface area contributed by atoms with E-state index in [1.807, 2.05) is 0 Å². The molecule has 1 aliphatic rings. The quantitative estimate of drug-likeness (QED) is 0.754. The molecule has 15 heavy (non-hydrogen) atoms. The molecule has 1 rings (SSSR count). The SMILES string of the molecule is CC(F)(F)CC(=O)NC1CCC(Cl)CC1. The average molecular weight is 240 g/mol. The van der Waals surface area contributed by atoms with Gasteiger partial charge < -0.3 is 5.32 Å². The van der Waals surface area contributed by atoms with Gasteiger partial charge in [0.05, 0.1) is 6.42 Å². The summed E-state index contributed by atoms with van der Waals surface area (Å²) < 4.78 is 25.0. The molecule has 1 amide bonds. The number of rotatable bonds is 3. The highest BCUT2D eigenvalue weighted by molar-refractivity contribution is 6.20. The van der Waals surface area contributed by atoms with Gasteiger partial charge in [-0.25, -0.2) is 8.78 Å². The minimum atomic E-state index is -2.92. The molecule has 1 fully saturated rings. The molecule has 1 aliphatic carbocycles. The number of alkyl halides is 3. The average Bonchev–Trinajstić information content (AvgIpc) is 2.05. The molecule has 2 nitrogen and oxygen atoms in total. The zero-order valence-corrected chi connectivity index (χ0v) is 9.49. The summed E-state index contributed by atoms with van der Waals surface area (Å²) in [6.07, 6.45) is 2.53. The number of halogens is 3. The van der Waals surface area contributed by atoms with Crippen LogP contribution in [-0.2, 0) is 4.79 Å². The van der Waals surface area contributed by atoms with E-state index in [0.717, 1.165) is 32.6 Å². The predicted octanol–water partition coefficient (Wildman–Crippen LogP) is 2.70. The zero-order chi connectivity index (χ0) is 11.5. The number of nitrogens with one attached hydrogen (secondary N) is 1. The molecule has 0 aromatic carbocycles. The van der Waals surface area contributed by atoms with E-state index in [1.165, 1.54) is 0 Å². The minimum Gasteiger partial charge on any atom is -0.353 e. The maximum Gasteiger partial charge on any atom is 0.254 e. The standard InChI is InChI=1S/C10H16ClF2NO/c1-10(12,13)6-9(15)14-8-4-2-7(11)3-5-8/h7-8H,2-6H2,1H3,(H,14,15). The topological polar surface area (TPSA) is 29.1 Å². The van der Waals surface area contributed by atoms with E-state index >= 15 is 0 Å². The number of hydrogen-bond acceptors (Lipinski definition) is 1. The van der Waals surface area contributed by atoms with Crippen molar-refractivity contribution in [2.24, 2.45) is 0 Å². The molecule has 0 bridgehead atoms. The Labute approximate surface area is 93.4 Å². The molecule has 0 aromatic heterocycles. The molecule has 0 spiro atoms. The van der Waals surface area contributed by atoms with Gasteiger partial charge >= 0.3 is 0 Å².